The molecule has 0 atom stereocenters. The van der Waals surface area contributed by atoms with Crippen LogP contribution in [0.1, 0.15) is 58.8 Å². The number of ketones is 2. The zero-order valence-corrected chi connectivity index (χ0v) is 11.8. The first-order chi connectivity index (χ1) is 9.19. The van der Waals surface area contributed by atoms with E-state index in [2.05, 4.69) is 0 Å². The number of rotatable bonds is 9. The molecule has 1 N–H and O–H groups in total. The summed E-state index contributed by atoms with van der Waals surface area (Å²) in [4.78, 5) is 22.7. The molecule has 0 spiro atoms. The maximum atomic E-state index is 12.1. The monoisotopic (exact) mass is 294 g/mol. The number of aliphatic hydroxyl groups is 1. The number of hydrogen-bond acceptors (Lipinski definition) is 3. The summed E-state index contributed by atoms with van der Waals surface area (Å²) in [5.41, 5.74) is -0.710. The first-order valence-corrected chi connectivity index (χ1v) is 6.72. The van der Waals surface area contributed by atoms with Crippen LogP contribution < -0.4 is 0 Å². The predicted octanol–water partition coefficient (Wildman–Crippen LogP) is 4.27. The third kappa shape index (κ3) is 7.96. The van der Waals surface area contributed by atoms with Gasteiger partial charge in [0, 0.05) is 6.42 Å². The van der Waals surface area contributed by atoms with Gasteiger partial charge in [0.05, 0.1) is 5.57 Å². The quantitative estimate of drug-likeness (QED) is 0.227. The lowest BCUT2D eigenvalue weighted by Crippen LogP contribution is -2.21. The highest BCUT2D eigenvalue weighted by molar-refractivity contribution is 6.19. The molecule has 20 heavy (non-hydrogen) atoms. The van der Waals surface area contributed by atoms with E-state index in [0.717, 1.165) is 32.6 Å². The minimum Gasteiger partial charge on any atom is -0.511 e. The van der Waals surface area contributed by atoms with Gasteiger partial charge in [-0.05, 0) is 13.3 Å². The Morgan fingerprint density at radius 1 is 1.05 bits per heavy atom. The molecule has 0 rings (SSSR count). The van der Waals surface area contributed by atoms with Crippen LogP contribution in [0.5, 0.6) is 0 Å². The molecule has 0 aromatic rings. The van der Waals surface area contributed by atoms with Crippen LogP contribution in [0, 0.1) is 0 Å². The molecule has 0 aliphatic heterocycles. The first kappa shape index (κ1) is 18.7. The molecule has 0 heterocycles. The van der Waals surface area contributed by atoms with Crippen molar-refractivity contribution in [2.75, 3.05) is 0 Å². The molecule has 0 amide bonds. The summed E-state index contributed by atoms with van der Waals surface area (Å²) in [6, 6.07) is 0. The summed E-state index contributed by atoms with van der Waals surface area (Å²) in [7, 11) is 0. The molecule has 0 aromatic heterocycles. The lowest BCUT2D eigenvalue weighted by molar-refractivity contribution is -0.150. The largest absolute Gasteiger partial charge is 0.511 e. The van der Waals surface area contributed by atoms with Crippen molar-refractivity contribution in [3.8, 4) is 0 Å². The molecule has 0 bridgehead atoms. The highest BCUT2D eigenvalue weighted by Gasteiger charge is 2.34. The Labute approximate surface area is 116 Å². The number of Topliss-reactive ketones (excluding diaryl/α,β-unsaturated/α-hetero) is 2. The smallest absolute Gasteiger partial charge is 0.396 e. The summed E-state index contributed by atoms with van der Waals surface area (Å²) < 4.78 is 36.4. The molecule has 0 fully saturated rings. The zero-order valence-electron chi connectivity index (χ0n) is 11.8. The van der Waals surface area contributed by atoms with Crippen LogP contribution in [-0.2, 0) is 9.59 Å². The van der Waals surface area contributed by atoms with Crippen molar-refractivity contribution in [3.05, 3.63) is 11.3 Å². The van der Waals surface area contributed by atoms with E-state index < -0.39 is 35.5 Å². The average molecular weight is 294 g/mol. The Morgan fingerprint density at radius 3 is 2.05 bits per heavy atom. The van der Waals surface area contributed by atoms with Crippen molar-refractivity contribution < 1.29 is 27.9 Å². The van der Waals surface area contributed by atoms with Gasteiger partial charge in [-0.3, -0.25) is 9.59 Å². The molecule has 0 saturated carbocycles. The topological polar surface area (TPSA) is 54.4 Å². The van der Waals surface area contributed by atoms with E-state index in [4.69, 9.17) is 0 Å². The zero-order chi connectivity index (χ0) is 15.8. The number of unbranched alkanes of at least 4 members (excludes halogenated alkanes) is 4. The van der Waals surface area contributed by atoms with Gasteiger partial charge in [0.15, 0.2) is 11.6 Å². The molecular formula is C14H21F3O3. The van der Waals surface area contributed by atoms with Crippen LogP contribution in [0.15, 0.2) is 11.3 Å². The summed E-state index contributed by atoms with van der Waals surface area (Å²) in [6.45, 7) is 3.03. The van der Waals surface area contributed by atoms with Gasteiger partial charge in [-0.2, -0.15) is 13.2 Å². The van der Waals surface area contributed by atoms with Crippen molar-refractivity contribution >= 4 is 11.6 Å². The van der Waals surface area contributed by atoms with Crippen LogP contribution in [0.4, 0.5) is 13.2 Å². The number of alkyl halides is 3. The third-order valence-electron chi connectivity index (χ3n) is 2.80. The lowest BCUT2D eigenvalue weighted by Gasteiger charge is -2.09. The number of allylic oxidation sites excluding steroid dienone is 2. The van der Waals surface area contributed by atoms with Crippen molar-refractivity contribution in [2.24, 2.45) is 0 Å². The lowest BCUT2D eigenvalue weighted by atomic mass is 10.00. The summed E-state index contributed by atoms with van der Waals surface area (Å²) in [5, 5.41) is 9.67. The van der Waals surface area contributed by atoms with Gasteiger partial charge in [-0.1, -0.05) is 32.6 Å². The van der Waals surface area contributed by atoms with Gasteiger partial charge in [-0.15, -0.1) is 0 Å². The van der Waals surface area contributed by atoms with Crippen LogP contribution in [0.3, 0.4) is 0 Å². The number of carbonyl (C=O) groups is 2. The van der Waals surface area contributed by atoms with Crippen LogP contribution in [0.25, 0.3) is 0 Å². The van der Waals surface area contributed by atoms with Gasteiger partial charge in [0.25, 0.3) is 0 Å². The molecule has 0 unspecified atom stereocenters. The van der Waals surface area contributed by atoms with E-state index in [1.165, 1.54) is 0 Å². The Hall–Kier alpha value is -1.33. The molecule has 0 aliphatic rings. The number of halogens is 3. The van der Waals surface area contributed by atoms with E-state index in [1.54, 1.807) is 0 Å². The molecule has 3 nitrogen and oxygen atoms in total. The van der Waals surface area contributed by atoms with E-state index in [1.807, 2.05) is 6.92 Å². The van der Waals surface area contributed by atoms with Gasteiger partial charge in [0.2, 0.25) is 0 Å². The van der Waals surface area contributed by atoms with E-state index >= 15 is 0 Å². The highest BCUT2D eigenvalue weighted by Crippen LogP contribution is 2.24. The van der Waals surface area contributed by atoms with Crippen molar-refractivity contribution in [1.29, 1.82) is 0 Å². The average Bonchev–Trinajstić information content (AvgIpc) is 2.25. The van der Waals surface area contributed by atoms with Crippen molar-refractivity contribution in [3.63, 3.8) is 0 Å². The van der Waals surface area contributed by atoms with Crippen LogP contribution >= 0.6 is 0 Å². The van der Waals surface area contributed by atoms with E-state index in [-0.39, 0.29) is 6.42 Å². The SMILES string of the molecule is CCCCCCCC(O)=C(C(C)=O)C(=O)CC(F)(F)F. The molecule has 0 aliphatic carbocycles. The highest BCUT2D eigenvalue weighted by atomic mass is 19.4. The van der Waals surface area contributed by atoms with Gasteiger partial charge in [-0.25, -0.2) is 0 Å². The number of aliphatic hydroxyl groups excluding tert-OH is 1. The maximum Gasteiger partial charge on any atom is 0.396 e. The Morgan fingerprint density at radius 2 is 1.60 bits per heavy atom. The Bertz CT molecular complexity index is 370. The molecule has 0 radical (unpaired) electrons. The molecule has 116 valence electrons. The normalized spacial score (nSPS) is 13.1. The van der Waals surface area contributed by atoms with E-state index in [9.17, 15) is 27.9 Å². The molecular weight excluding hydrogens is 273 g/mol. The number of hydrogen-bond donors (Lipinski definition) is 1. The first-order valence-electron chi connectivity index (χ1n) is 6.72. The standard InChI is InChI=1S/C14H21F3O3/c1-3-4-5-6-7-8-11(19)13(10(2)18)12(20)9-14(15,16)17/h19H,3-9H2,1-2H3. The summed E-state index contributed by atoms with van der Waals surface area (Å²) in [6.07, 6.45) is -1.96. The van der Waals surface area contributed by atoms with Gasteiger partial charge >= 0.3 is 6.18 Å². The second-order valence-corrected chi connectivity index (χ2v) is 4.76. The Balaban J connectivity index is 4.66. The molecule has 0 saturated heterocycles. The second kappa shape index (κ2) is 8.76. The van der Waals surface area contributed by atoms with Crippen molar-refractivity contribution in [1.82, 2.24) is 0 Å². The third-order valence-corrected chi connectivity index (χ3v) is 2.80. The summed E-state index contributed by atoms with van der Waals surface area (Å²) >= 11 is 0. The number of carbonyl (C=O) groups excluding carboxylic acids is 2. The van der Waals surface area contributed by atoms with E-state index in [0.29, 0.717) is 6.42 Å². The Kier molecular flexibility index (Phi) is 8.18. The second-order valence-electron chi connectivity index (χ2n) is 4.76. The van der Waals surface area contributed by atoms with Crippen LogP contribution in [0.2, 0.25) is 0 Å². The molecule has 6 heteroatoms. The predicted molar refractivity (Wildman–Crippen MR) is 69.4 cm³/mol. The fraction of sp³-hybridized carbons (Fsp3) is 0.714. The van der Waals surface area contributed by atoms with Crippen LogP contribution in [-0.4, -0.2) is 22.8 Å². The van der Waals surface area contributed by atoms with Gasteiger partial charge < -0.3 is 5.11 Å². The van der Waals surface area contributed by atoms with Gasteiger partial charge in [0.1, 0.15) is 12.2 Å². The summed E-state index contributed by atoms with van der Waals surface area (Å²) in [5.74, 6) is -2.72. The maximum absolute atomic E-state index is 12.1. The fourth-order valence-electron chi connectivity index (χ4n) is 1.85. The molecule has 0 aromatic carbocycles. The minimum atomic E-state index is -4.68. The van der Waals surface area contributed by atoms with Crippen molar-refractivity contribution in [2.45, 2.75) is 65.0 Å². The fourth-order valence-corrected chi connectivity index (χ4v) is 1.85. The minimum absolute atomic E-state index is 0.0578.